The molecule has 0 spiro atoms. The highest BCUT2D eigenvalue weighted by Gasteiger charge is 2.21. The molecule has 2 heterocycles. The molecular formula is C16H15NO3S2. The Labute approximate surface area is 135 Å². The maximum Gasteiger partial charge on any atom is 0.349 e. The van der Waals surface area contributed by atoms with Gasteiger partial charge in [0.25, 0.3) is 5.91 Å². The number of benzene rings is 1. The molecule has 0 saturated heterocycles. The first-order valence-corrected chi connectivity index (χ1v) is 8.63. The van der Waals surface area contributed by atoms with Gasteiger partial charge in [-0.1, -0.05) is 18.2 Å². The molecule has 0 saturated carbocycles. The second-order valence-corrected chi connectivity index (χ2v) is 6.98. The summed E-state index contributed by atoms with van der Waals surface area (Å²) in [6.07, 6.45) is -0.788. The maximum atomic E-state index is 12.2. The molecule has 6 heteroatoms. The third-order valence-electron chi connectivity index (χ3n) is 3.25. The normalized spacial score (nSPS) is 12.5. The number of fused-ring (bicyclic) bond motifs is 3. The molecule has 1 atom stereocenters. The van der Waals surface area contributed by atoms with Gasteiger partial charge in [0.1, 0.15) is 4.88 Å². The van der Waals surface area contributed by atoms with E-state index >= 15 is 0 Å². The number of esters is 1. The van der Waals surface area contributed by atoms with Crippen LogP contribution in [-0.2, 0) is 9.53 Å². The van der Waals surface area contributed by atoms with Crippen molar-refractivity contribution in [2.75, 3.05) is 6.54 Å². The Balaban J connectivity index is 1.84. The highest BCUT2D eigenvalue weighted by molar-refractivity contribution is 7.33. The Hall–Kier alpha value is -1.92. The SMILES string of the molecule is CCNC(=O)C(C)OC(=O)c1cc2sc3ccccc3c2s1. The van der Waals surface area contributed by atoms with E-state index in [2.05, 4.69) is 17.4 Å². The second-order valence-electron chi connectivity index (χ2n) is 4.84. The molecule has 0 fully saturated rings. The lowest BCUT2D eigenvalue weighted by Gasteiger charge is -2.11. The molecular weight excluding hydrogens is 318 g/mol. The molecule has 3 rings (SSSR count). The van der Waals surface area contributed by atoms with Gasteiger partial charge in [-0.05, 0) is 26.0 Å². The van der Waals surface area contributed by atoms with Crippen LogP contribution in [0.2, 0.25) is 0 Å². The molecule has 4 nitrogen and oxygen atoms in total. The van der Waals surface area contributed by atoms with Gasteiger partial charge in [-0.3, -0.25) is 4.79 Å². The number of nitrogens with one attached hydrogen (secondary N) is 1. The summed E-state index contributed by atoms with van der Waals surface area (Å²) >= 11 is 3.07. The van der Waals surface area contributed by atoms with Crippen LogP contribution >= 0.6 is 22.7 Å². The lowest BCUT2D eigenvalue weighted by atomic mass is 10.2. The largest absolute Gasteiger partial charge is 0.448 e. The molecule has 0 aliphatic rings. The summed E-state index contributed by atoms with van der Waals surface area (Å²) in [6, 6.07) is 9.96. The van der Waals surface area contributed by atoms with Gasteiger partial charge >= 0.3 is 5.97 Å². The van der Waals surface area contributed by atoms with Crippen molar-refractivity contribution in [3.05, 3.63) is 35.2 Å². The van der Waals surface area contributed by atoms with Crippen LogP contribution in [0.15, 0.2) is 30.3 Å². The number of rotatable bonds is 4. The maximum absolute atomic E-state index is 12.2. The molecule has 1 amide bonds. The Bertz CT molecular complexity index is 849. The Morgan fingerprint density at radius 2 is 2.00 bits per heavy atom. The van der Waals surface area contributed by atoms with Crippen LogP contribution in [0.25, 0.3) is 19.5 Å². The zero-order valence-corrected chi connectivity index (χ0v) is 13.8. The first-order chi connectivity index (χ1) is 10.6. The van der Waals surface area contributed by atoms with Gasteiger partial charge < -0.3 is 10.1 Å². The van der Waals surface area contributed by atoms with Crippen LogP contribution < -0.4 is 5.32 Å². The highest BCUT2D eigenvalue weighted by atomic mass is 32.1. The second kappa shape index (κ2) is 6.06. The van der Waals surface area contributed by atoms with E-state index in [1.165, 1.54) is 16.0 Å². The van der Waals surface area contributed by atoms with E-state index in [1.807, 2.05) is 25.1 Å². The number of amides is 1. The molecule has 1 N–H and O–H groups in total. The lowest BCUT2D eigenvalue weighted by molar-refractivity contribution is -0.128. The van der Waals surface area contributed by atoms with Crippen molar-refractivity contribution in [2.45, 2.75) is 20.0 Å². The van der Waals surface area contributed by atoms with E-state index in [4.69, 9.17) is 4.74 Å². The zero-order chi connectivity index (χ0) is 15.7. The van der Waals surface area contributed by atoms with Crippen LogP contribution in [0.5, 0.6) is 0 Å². The monoisotopic (exact) mass is 333 g/mol. The number of ether oxygens (including phenoxy) is 1. The molecule has 0 bridgehead atoms. The fraction of sp³-hybridized carbons (Fsp3) is 0.250. The van der Waals surface area contributed by atoms with E-state index in [9.17, 15) is 9.59 Å². The third-order valence-corrected chi connectivity index (χ3v) is 5.65. The molecule has 1 aromatic carbocycles. The molecule has 2 aromatic heterocycles. The fourth-order valence-corrected chi connectivity index (χ4v) is 4.60. The van der Waals surface area contributed by atoms with Crippen molar-refractivity contribution in [2.24, 2.45) is 0 Å². The fourth-order valence-electron chi connectivity index (χ4n) is 2.19. The van der Waals surface area contributed by atoms with Crippen LogP contribution in [-0.4, -0.2) is 24.5 Å². The summed E-state index contributed by atoms with van der Waals surface area (Å²) in [5.41, 5.74) is 0. The average molecular weight is 333 g/mol. The molecule has 3 aromatic rings. The highest BCUT2D eigenvalue weighted by Crippen LogP contribution is 2.39. The topological polar surface area (TPSA) is 55.4 Å². The van der Waals surface area contributed by atoms with Crippen LogP contribution in [0.1, 0.15) is 23.5 Å². The molecule has 0 aliphatic heterocycles. The minimum atomic E-state index is -0.788. The average Bonchev–Trinajstić information content (AvgIpc) is 3.05. The zero-order valence-electron chi connectivity index (χ0n) is 12.2. The predicted octanol–water partition coefficient (Wildman–Crippen LogP) is 3.80. The minimum Gasteiger partial charge on any atom is -0.448 e. The smallest absolute Gasteiger partial charge is 0.349 e. The van der Waals surface area contributed by atoms with Crippen LogP contribution in [0.3, 0.4) is 0 Å². The predicted molar refractivity (Wildman–Crippen MR) is 90.8 cm³/mol. The standard InChI is InChI=1S/C16H15NO3S2/c1-3-17-15(18)9(2)20-16(19)13-8-12-14(22-13)10-6-4-5-7-11(10)21-12/h4-9H,3H2,1-2H3,(H,17,18). The van der Waals surface area contributed by atoms with E-state index in [0.717, 1.165) is 14.8 Å². The number of carbonyl (C=O) groups is 2. The van der Waals surface area contributed by atoms with E-state index in [1.54, 1.807) is 18.3 Å². The van der Waals surface area contributed by atoms with E-state index in [-0.39, 0.29) is 5.91 Å². The Kier molecular flexibility index (Phi) is 4.13. The molecule has 22 heavy (non-hydrogen) atoms. The van der Waals surface area contributed by atoms with Crippen LogP contribution in [0, 0.1) is 0 Å². The lowest BCUT2D eigenvalue weighted by Crippen LogP contribution is -2.35. The van der Waals surface area contributed by atoms with Gasteiger partial charge in [0.2, 0.25) is 0 Å². The Morgan fingerprint density at radius 1 is 1.23 bits per heavy atom. The minimum absolute atomic E-state index is 0.278. The first kappa shape index (κ1) is 15.0. The van der Waals surface area contributed by atoms with Crippen molar-refractivity contribution in [3.8, 4) is 0 Å². The summed E-state index contributed by atoms with van der Waals surface area (Å²) in [5, 5.41) is 3.79. The quantitative estimate of drug-likeness (QED) is 0.739. The van der Waals surface area contributed by atoms with Crippen molar-refractivity contribution < 1.29 is 14.3 Å². The number of thiophene rings is 2. The van der Waals surface area contributed by atoms with Gasteiger partial charge in [0.05, 0.1) is 4.70 Å². The van der Waals surface area contributed by atoms with Gasteiger partial charge in [0.15, 0.2) is 6.10 Å². The number of likely N-dealkylation sites (N-methyl/N-ethyl adjacent to an activating group) is 1. The number of hydrogen-bond acceptors (Lipinski definition) is 5. The summed E-state index contributed by atoms with van der Waals surface area (Å²) in [4.78, 5) is 24.3. The first-order valence-electron chi connectivity index (χ1n) is 7.00. The van der Waals surface area contributed by atoms with Gasteiger partial charge in [-0.2, -0.15) is 0 Å². The van der Waals surface area contributed by atoms with Crippen molar-refractivity contribution in [1.82, 2.24) is 5.32 Å². The van der Waals surface area contributed by atoms with Crippen LogP contribution in [0.4, 0.5) is 0 Å². The number of carbonyl (C=O) groups excluding carboxylic acids is 2. The van der Waals surface area contributed by atoms with Crippen molar-refractivity contribution in [1.29, 1.82) is 0 Å². The Morgan fingerprint density at radius 3 is 2.77 bits per heavy atom. The molecule has 0 aliphatic carbocycles. The van der Waals surface area contributed by atoms with Gasteiger partial charge in [-0.15, -0.1) is 22.7 Å². The summed E-state index contributed by atoms with van der Waals surface area (Å²) < 4.78 is 8.60. The summed E-state index contributed by atoms with van der Waals surface area (Å²) in [6.45, 7) is 3.92. The summed E-state index contributed by atoms with van der Waals surface area (Å²) in [5.74, 6) is -0.726. The number of hydrogen-bond donors (Lipinski definition) is 1. The van der Waals surface area contributed by atoms with Crippen molar-refractivity contribution in [3.63, 3.8) is 0 Å². The molecule has 1 unspecified atom stereocenters. The van der Waals surface area contributed by atoms with Gasteiger partial charge in [0, 0.05) is 21.3 Å². The van der Waals surface area contributed by atoms with E-state index in [0.29, 0.717) is 11.4 Å². The van der Waals surface area contributed by atoms with E-state index < -0.39 is 12.1 Å². The molecule has 0 radical (unpaired) electrons. The van der Waals surface area contributed by atoms with Crippen molar-refractivity contribution >= 4 is 54.0 Å². The summed E-state index contributed by atoms with van der Waals surface area (Å²) in [7, 11) is 0. The molecule has 114 valence electrons. The van der Waals surface area contributed by atoms with Gasteiger partial charge in [-0.25, -0.2) is 4.79 Å². The third kappa shape index (κ3) is 2.71.